The third-order valence-corrected chi connectivity index (χ3v) is 3.60. The van der Waals surface area contributed by atoms with Crippen LogP contribution in [0.25, 0.3) is 0 Å². The van der Waals surface area contributed by atoms with Gasteiger partial charge in [-0.05, 0) is 27.4 Å². The standard InChI is InChI=1S/C9H14BrNS.ClH/c1-9(2,3)8(11)7-4-6(10)5-12-7;/h4-5,8H,11H2,1-3H3;1H/t8-;/m1./s1. The van der Waals surface area contributed by atoms with E-state index in [-0.39, 0.29) is 23.9 Å². The molecule has 0 amide bonds. The second kappa shape index (κ2) is 4.78. The van der Waals surface area contributed by atoms with E-state index < -0.39 is 0 Å². The zero-order valence-electron chi connectivity index (χ0n) is 8.00. The lowest BCUT2D eigenvalue weighted by atomic mass is 9.87. The van der Waals surface area contributed by atoms with Gasteiger partial charge in [0, 0.05) is 20.8 Å². The lowest BCUT2D eigenvalue weighted by Gasteiger charge is -2.25. The van der Waals surface area contributed by atoms with Crippen LogP contribution < -0.4 is 5.73 Å². The fraction of sp³-hybridized carbons (Fsp3) is 0.556. The summed E-state index contributed by atoms with van der Waals surface area (Å²) in [7, 11) is 0. The molecule has 1 nitrogen and oxygen atoms in total. The molecule has 76 valence electrons. The first-order chi connectivity index (χ1) is 5.41. The van der Waals surface area contributed by atoms with Gasteiger partial charge in [-0.2, -0.15) is 0 Å². The SMILES string of the molecule is CC(C)(C)[C@H](N)c1cc(Br)cs1.Cl. The largest absolute Gasteiger partial charge is 0.323 e. The number of nitrogens with two attached hydrogens (primary N) is 1. The van der Waals surface area contributed by atoms with E-state index in [2.05, 4.69) is 48.1 Å². The molecule has 0 aromatic carbocycles. The fourth-order valence-corrected chi connectivity index (χ4v) is 2.61. The first-order valence-electron chi connectivity index (χ1n) is 3.91. The summed E-state index contributed by atoms with van der Waals surface area (Å²) >= 11 is 5.13. The Kier molecular flexibility index (Phi) is 4.94. The van der Waals surface area contributed by atoms with Gasteiger partial charge < -0.3 is 5.73 Å². The first kappa shape index (κ1) is 13.4. The van der Waals surface area contributed by atoms with Crippen molar-refractivity contribution in [2.24, 2.45) is 11.1 Å². The molecule has 1 aromatic heterocycles. The molecular weight excluding hydrogens is 270 g/mol. The van der Waals surface area contributed by atoms with Crippen LogP contribution in [0.3, 0.4) is 0 Å². The molecule has 0 unspecified atom stereocenters. The minimum Gasteiger partial charge on any atom is -0.323 e. The summed E-state index contributed by atoms with van der Waals surface area (Å²) in [6.45, 7) is 6.47. The van der Waals surface area contributed by atoms with Crippen molar-refractivity contribution < 1.29 is 0 Å². The molecule has 1 heterocycles. The summed E-state index contributed by atoms with van der Waals surface area (Å²) in [5.41, 5.74) is 6.22. The molecule has 1 atom stereocenters. The smallest absolute Gasteiger partial charge is 0.0439 e. The molecule has 2 N–H and O–H groups in total. The molecule has 0 bridgehead atoms. The molecule has 0 radical (unpaired) electrons. The third kappa shape index (κ3) is 3.58. The van der Waals surface area contributed by atoms with Crippen LogP contribution in [-0.4, -0.2) is 0 Å². The van der Waals surface area contributed by atoms with Crippen molar-refractivity contribution in [1.82, 2.24) is 0 Å². The van der Waals surface area contributed by atoms with E-state index in [9.17, 15) is 0 Å². The Morgan fingerprint density at radius 3 is 2.31 bits per heavy atom. The Bertz CT molecular complexity index is 267. The van der Waals surface area contributed by atoms with Gasteiger partial charge in [-0.25, -0.2) is 0 Å². The number of hydrogen-bond donors (Lipinski definition) is 1. The molecular formula is C9H15BrClNS. The number of halogens is 2. The van der Waals surface area contributed by atoms with E-state index >= 15 is 0 Å². The average Bonchev–Trinajstić information content (AvgIpc) is 2.32. The van der Waals surface area contributed by atoms with Crippen molar-refractivity contribution in [3.05, 3.63) is 20.8 Å². The quantitative estimate of drug-likeness (QED) is 0.829. The van der Waals surface area contributed by atoms with Gasteiger partial charge in [0.2, 0.25) is 0 Å². The van der Waals surface area contributed by atoms with Crippen LogP contribution in [-0.2, 0) is 0 Å². The summed E-state index contributed by atoms with van der Waals surface area (Å²) in [6.07, 6.45) is 0. The molecule has 0 saturated carbocycles. The normalized spacial score (nSPS) is 13.6. The Labute approximate surface area is 98.3 Å². The lowest BCUT2D eigenvalue weighted by Crippen LogP contribution is -2.25. The summed E-state index contributed by atoms with van der Waals surface area (Å²) in [6, 6.07) is 2.23. The predicted molar refractivity (Wildman–Crippen MR) is 65.7 cm³/mol. The molecule has 1 rings (SSSR count). The van der Waals surface area contributed by atoms with Crippen LogP contribution in [0.2, 0.25) is 0 Å². The highest BCUT2D eigenvalue weighted by Gasteiger charge is 2.23. The Balaban J connectivity index is 0.00000144. The van der Waals surface area contributed by atoms with E-state index in [1.165, 1.54) is 4.88 Å². The highest BCUT2D eigenvalue weighted by molar-refractivity contribution is 9.10. The van der Waals surface area contributed by atoms with Crippen molar-refractivity contribution in [3.63, 3.8) is 0 Å². The summed E-state index contributed by atoms with van der Waals surface area (Å²) < 4.78 is 1.13. The van der Waals surface area contributed by atoms with E-state index in [1.807, 2.05) is 0 Å². The van der Waals surface area contributed by atoms with E-state index in [0.717, 1.165) is 4.47 Å². The van der Waals surface area contributed by atoms with Crippen molar-refractivity contribution >= 4 is 39.7 Å². The zero-order chi connectivity index (χ0) is 9.35. The summed E-state index contributed by atoms with van der Waals surface area (Å²) in [4.78, 5) is 1.24. The lowest BCUT2D eigenvalue weighted by molar-refractivity contribution is 0.331. The van der Waals surface area contributed by atoms with Gasteiger partial charge in [-0.1, -0.05) is 20.8 Å². The summed E-state index contributed by atoms with van der Waals surface area (Å²) in [5, 5.41) is 2.07. The van der Waals surface area contributed by atoms with Gasteiger partial charge in [0.25, 0.3) is 0 Å². The van der Waals surface area contributed by atoms with Gasteiger partial charge in [0.1, 0.15) is 0 Å². The first-order valence-corrected chi connectivity index (χ1v) is 5.58. The molecule has 0 saturated heterocycles. The molecule has 1 aromatic rings. The van der Waals surface area contributed by atoms with E-state index in [4.69, 9.17) is 5.73 Å². The van der Waals surface area contributed by atoms with Crippen LogP contribution in [0.15, 0.2) is 15.9 Å². The van der Waals surface area contributed by atoms with E-state index in [0.29, 0.717) is 0 Å². The topological polar surface area (TPSA) is 26.0 Å². The minimum absolute atomic E-state index is 0. The van der Waals surface area contributed by atoms with Crippen molar-refractivity contribution in [1.29, 1.82) is 0 Å². The number of rotatable bonds is 1. The molecule has 13 heavy (non-hydrogen) atoms. The zero-order valence-corrected chi connectivity index (χ0v) is 11.2. The fourth-order valence-electron chi connectivity index (χ4n) is 0.918. The van der Waals surface area contributed by atoms with Gasteiger partial charge in [-0.15, -0.1) is 23.7 Å². The number of hydrogen-bond acceptors (Lipinski definition) is 2. The van der Waals surface area contributed by atoms with Crippen molar-refractivity contribution in [2.75, 3.05) is 0 Å². The maximum absolute atomic E-state index is 6.07. The third-order valence-electron chi connectivity index (χ3n) is 1.83. The van der Waals surface area contributed by atoms with Crippen LogP contribution in [0, 0.1) is 5.41 Å². The highest BCUT2D eigenvalue weighted by atomic mass is 79.9. The van der Waals surface area contributed by atoms with Crippen LogP contribution in [0.5, 0.6) is 0 Å². The number of thiophene rings is 1. The van der Waals surface area contributed by atoms with Crippen molar-refractivity contribution in [2.45, 2.75) is 26.8 Å². The molecule has 0 fully saturated rings. The second-order valence-electron chi connectivity index (χ2n) is 4.01. The van der Waals surface area contributed by atoms with Crippen LogP contribution in [0.1, 0.15) is 31.7 Å². The molecule has 0 aliphatic heterocycles. The Morgan fingerprint density at radius 2 is 2.00 bits per heavy atom. The molecule has 0 aliphatic rings. The summed E-state index contributed by atoms with van der Waals surface area (Å²) in [5.74, 6) is 0. The van der Waals surface area contributed by atoms with Gasteiger partial charge >= 0.3 is 0 Å². The van der Waals surface area contributed by atoms with E-state index in [1.54, 1.807) is 11.3 Å². The van der Waals surface area contributed by atoms with Gasteiger partial charge in [-0.3, -0.25) is 0 Å². The minimum atomic E-state index is 0. The predicted octanol–water partition coefficient (Wildman–Crippen LogP) is 3.98. The molecule has 0 aliphatic carbocycles. The Morgan fingerprint density at radius 1 is 1.46 bits per heavy atom. The highest BCUT2D eigenvalue weighted by Crippen LogP contribution is 2.34. The molecule has 4 heteroatoms. The maximum atomic E-state index is 6.07. The Hall–Kier alpha value is 0.430. The maximum Gasteiger partial charge on any atom is 0.0439 e. The van der Waals surface area contributed by atoms with Gasteiger partial charge in [0.15, 0.2) is 0 Å². The van der Waals surface area contributed by atoms with Crippen LogP contribution >= 0.6 is 39.7 Å². The van der Waals surface area contributed by atoms with Crippen LogP contribution in [0.4, 0.5) is 0 Å². The van der Waals surface area contributed by atoms with Gasteiger partial charge in [0.05, 0.1) is 0 Å². The second-order valence-corrected chi connectivity index (χ2v) is 5.87. The molecule has 0 spiro atoms. The average molecular weight is 285 g/mol. The monoisotopic (exact) mass is 283 g/mol. The van der Waals surface area contributed by atoms with Crippen molar-refractivity contribution in [3.8, 4) is 0 Å².